The lowest BCUT2D eigenvalue weighted by molar-refractivity contribution is 0.128. The Hall–Kier alpha value is -1.01. The molecule has 0 aliphatic heterocycles. The predicted octanol–water partition coefficient (Wildman–Crippen LogP) is 2.15. The normalized spacial score (nSPS) is 10.6. The average Bonchev–Trinajstić information content (AvgIpc) is 2.35. The molecular formula is C12H22N4OS. The lowest BCUT2D eigenvalue weighted by atomic mass is 10.3. The van der Waals surface area contributed by atoms with E-state index >= 15 is 0 Å². The molecule has 1 rings (SSSR count). The van der Waals surface area contributed by atoms with E-state index < -0.39 is 0 Å². The molecule has 0 spiro atoms. The van der Waals surface area contributed by atoms with E-state index in [0.29, 0.717) is 24.9 Å². The molecule has 3 N–H and O–H groups in total. The Morgan fingerprint density at radius 2 is 2.22 bits per heavy atom. The minimum absolute atomic E-state index is 0.405. The quantitative estimate of drug-likeness (QED) is 0.670. The lowest BCUT2D eigenvalue weighted by Gasteiger charge is -2.08. The SMILES string of the molecule is CCOCc1nc(N)cc(NCCCCSC)n1. The first kappa shape index (κ1) is 15.0. The minimum atomic E-state index is 0.405. The second kappa shape index (κ2) is 8.99. The first-order chi connectivity index (χ1) is 8.76. The van der Waals surface area contributed by atoms with Crippen molar-refractivity contribution in [1.29, 1.82) is 0 Å². The fraction of sp³-hybridized carbons (Fsp3) is 0.667. The summed E-state index contributed by atoms with van der Waals surface area (Å²) in [6.07, 6.45) is 4.46. The van der Waals surface area contributed by atoms with Crippen LogP contribution in [0.4, 0.5) is 11.6 Å². The van der Waals surface area contributed by atoms with Crippen molar-refractivity contribution in [3.63, 3.8) is 0 Å². The van der Waals surface area contributed by atoms with Crippen LogP contribution < -0.4 is 11.1 Å². The van der Waals surface area contributed by atoms with Gasteiger partial charge in [-0.05, 0) is 31.8 Å². The molecule has 6 heteroatoms. The Bertz CT molecular complexity index is 349. The summed E-state index contributed by atoms with van der Waals surface area (Å²) in [5.74, 6) is 3.08. The number of nitrogens with two attached hydrogens (primary N) is 1. The smallest absolute Gasteiger partial charge is 0.158 e. The number of anilines is 2. The zero-order valence-corrected chi connectivity index (χ0v) is 11.9. The van der Waals surface area contributed by atoms with Gasteiger partial charge < -0.3 is 15.8 Å². The summed E-state index contributed by atoms with van der Waals surface area (Å²) >= 11 is 1.87. The maximum atomic E-state index is 5.73. The number of ether oxygens (including phenoxy) is 1. The zero-order chi connectivity index (χ0) is 13.2. The van der Waals surface area contributed by atoms with Gasteiger partial charge in [-0.25, -0.2) is 9.97 Å². The molecule has 18 heavy (non-hydrogen) atoms. The van der Waals surface area contributed by atoms with Crippen molar-refractivity contribution < 1.29 is 4.74 Å². The zero-order valence-electron chi connectivity index (χ0n) is 11.1. The van der Waals surface area contributed by atoms with E-state index in [0.717, 1.165) is 18.8 Å². The molecule has 0 unspecified atom stereocenters. The van der Waals surface area contributed by atoms with Crippen LogP contribution >= 0.6 is 11.8 Å². The average molecular weight is 270 g/mol. The molecule has 0 bridgehead atoms. The molecule has 0 aliphatic carbocycles. The summed E-state index contributed by atoms with van der Waals surface area (Å²) in [4.78, 5) is 8.48. The first-order valence-corrected chi connectivity index (χ1v) is 7.59. The third-order valence-electron chi connectivity index (χ3n) is 2.31. The first-order valence-electron chi connectivity index (χ1n) is 6.20. The van der Waals surface area contributed by atoms with Gasteiger partial charge in [0, 0.05) is 19.2 Å². The highest BCUT2D eigenvalue weighted by Gasteiger charge is 2.02. The second-order valence-corrected chi connectivity index (χ2v) is 4.84. The predicted molar refractivity (Wildman–Crippen MR) is 77.9 cm³/mol. The van der Waals surface area contributed by atoms with Crippen molar-refractivity contribution in [2.24, 2.45) is 0 Å². The Balaban J connectivity index is 2.41. The van der Waals surface area contributed by atoms with Gasteiger partial charge in [0.2, 0.25) is 0 Å². The molecule has 0 aliphatic rings. The molecule has 1 aromatic heterocycles. The number of aromatic nitrogens is 2. The molecular weight excluding hydrogens is 248 g/mol. The highest BCUT2D eigenvalue weighted by molar-refractivity contribution is 7.98. The number of unbranched alkanes of at least 4 members (excludes halogenated alkanes) is 1. The highest BCUT2D eigenvalue weighted by Crippen LogP contribution is 2.09. The van der Waals surface area contributed by atoms with Gasteiger partial charge >= 0.3 is 0 Å². The van der Waals surface area contributed by atoms with E-state index in [-0.39, 0.29) is 0 Å². The van der Waals surface area contributed by atoms with Gasteiger partial charge in [0.25, 0.3) is 0 Å². The summed E-state index contributed by atoms with van der Waals surface area (Å²) in [7, 11) is 0. The van der Waals surface area contributed by atoms with Gasteiger partial charge in [-0.15, -0.1) is 0 Å². The topological polar surface area (TPSA) is 73.1 Å². The van der Waals surface area contributed by atoms with E-state index in [4.69, 9.17) is 10.5 Å². The van der Waals surface area contributed by atoms with Crippen LogP contribution in [0.1, 0.15) is 25.6 Å². The van der Waals surface area contributed by atoms with E-state index in [1.54, 1.807) is 6.07 Å². The van der Waals surface area contributed by atoms with Gasteiger partial charge in [0.15, 0.2) is 5.82 Å². The Labute approximate surface area is 113 Å². The van der Waals surface area contributed by atoms with Crippen molar-refractivity contribution in [1.82, 2.24) is 9.97 Å². The third-order valence-corrected chi connectivity index (χ3v) is 3.01. The van der Waals surface area contributed by atoms with Crippen LogP contribution in [0.3, 0.4) is 0 Å². The maximum absolute atomic E-state index is 5.73. The van der Waals surface area contributed by atoms with Crippen molar-refractivity contribution in [2.45, 2.75) is 26.4 Å². The Morgan fingerprint density at radius 1 is 1.39 bits per heavy atom. The Kier molecular flexibility index (Phi) is 7.52. The van der Waals surface area contributed by atoms with E-state index in [9.17, 15) is 0 Å². The summed E-state index contributed by atoms with van der Waals surface area (Å²) in [6.45, 7) is 3.90. The third kappa shape index (κ3) is 6.07. The van der Waals surface area contributed by atoms with Gasteiger partial charge in [-0.1, -0.05) is 0 Å². The maximum Gasteiger partial charge on any atom is 0.158 e. The van der Waals surface area contributed by atoms with Gasteiger partial charge in [-0.2, -0.15) is 11.8 Å². The molecule has 1 heterocycles. The summed E-state index contributed by atoms with van der Waals surface area (Å²) in [5.41, 5.74) is 5.73. The molecule has 0 amide bonds. The van der Waals surface area contributed by atoms with Crippen molar-refractivity contribution in [2.75, 3.05) is 36.2 Å². The number of hydrogen-bond donors (Lipinski definition) is 2. The van der Waals surface area contributed by atoms with Gasteiger partial charge in [0.1, 0.15) is 18.2 Å². The van der Waals surface area contributed by atoms with Crippen LogP contribution in [0.2, 0.25) is 0 Å². The second-order valence-electron chi connectivity index (χ2n) is 3.86. The fourth-order valence-corrected chi connectivity index (χ4v) is 1.95. The van der Waals surface area contributed by atoms with Crippen LogP contribution in [0.5, 0.6) is 0 Å². The molecule has 0 saturated heterocycles. The molecule has 0 fully saturated rings. The van der Waals surface area contributed by atoms with Crippen LogP contribution in [0, 0.1) is 0 Å². The molecule has 0 atom stereocenters. The van der Waals surface area contributed by atoms with Crippen LogP contribution in [0.15, 0.2) is 6.07 Å². The lowest BCUT2D eigenvalue weighted by Crippen LogP contribution is -2.08. The van der Waals surface area contributed by atoms with Gasteiger partial charge in [-0.3, -0.25) is 0 Å². The number of nitrogens with zero attached hydrogens (tertiary/aromatic N) is 2. The number of hydrogen-bond acceptors (Lipinski definition) is 6. The standard InChI is InChI=1S/C12H22N4OS/c1-3-17-9-12-15-10(13)8-11(16-12)14-6-4-5-7-18-2/h8H,3-7,9H2,1-2H3,(H3,13,14,15,16). The fourth-order valence-electron chi connectivity index (χ4n) is 1.45. The van der Waals surface area contributed by atoms with Crippen LogP contribution in [0.25, 0.3) is 0 Å². The van der Waals surface area contributed by atoms with Crippen molar-refractivity contribution in [3.8, 4) is 0 Å². The molecule has 102 valence electrons. The number of nitrogens with one attached hydrogen (secondary N) is 1. The van der Waals surface area contributed by atoms with E-state index in [1.165, 1.54) is 12.2 Å². The minimum Gasteiger partial charge on any atom is -0.384 e. The molecule has 0 radical (unpaired) electrons. The largest absolute Gasteiger partial charge is 0.384 e. The summed E-state index contributed by atoms with van der Waals surface area (Å²) in [6, 6.07) is 1.75. The van der Waals surface area contributed by atoms with Crippen LogP contribution in [-0.4, -0.2) is 35.1 Å². The number of thioether (sulfide) groups is 1. The molecule has 5 nitrogen and oxygen atoms in total. The molecule has 0 aromatic carbocycles. The number of rotatable bonds is 9. The molecule has 1 aromatic rings. The monoisotopic (exact) mass is 270 g/mol. The van der Waals surface area contributed by atoms with Crippen molar-refractivity contribution >= 4 is 23.4 Å². The van der Waals surface area contributed by atoms with E-state index in [1.807, 2.05) is 18.7 Å². The summed E-state index contributed by atoms with van der Waals surface area (Å²) in [5, 5.41) is 3.27. The van der Waals surface area contributed by atoms with Crippen LogP contribution in [-0.2, 0) is 11.3 Å². The van der Waals surface area contributed by atoms with Gasteiger partial charge in [0.05, 0.1) is 0 Å². The summed E-state index contributed by atoms with van der Waals surface area (Å²) < 4.78 is 5.28. The highest BCUT2D eigenvalue weighted by atomic mass is 32.2. The Morgan fingerprint density at radius 3 is 2.94 bits per heavy atom. The van der Waals surface area contributed by atoms with Crippen molar-refractivity contribution in [3.05, 3.63) is 11.9 Å². The molecule has 0 saturated carbocycles. The van der Waals surface area contributed by atoms with E-state index in [2.05, 4.69) is 21.5 Å². The number of nitrogen functional groups attached to an aromatic ring is 1.